The van der Waals surface area contributed by atoms with Gasteiger partial charge in [-0.2, -0.15) is 0 Å². The average Bonchev–Trinajstić information content (AvgIpc) is 2.17. The second-order valence-electron chi connectivity index (χ2n) is 3.76. The fraction of sp³-hybridized carbons (Fsp3) is 0.167. The molecule has 0 aliphatic heterocycles. The van der Waals surface area contributed by atoms with Gasteiger partial charge in [0.15, 0.2) is 0 Å². The van der Waals surface area contributed by atoms with Gasteiger partial charge in [-0.25, -0.2) is 0 Å². The topological polar surface area (TPSA) is 72.3 Å². The van der Waals surface area contributed by atoms with Crippen molar-refractivity contribution in [3.8, 4) is 0 Å². The van der Waals surface area contributed by atoms with Crippen molar-refractivity contribution >= 4 is 11.3 Å². The van der Waals surface area contributed by atoms with E-state index in [1.807, 2.05) is 36.4 Å². The molecule has 0 bridgehead atoms. The van der Waals surface area contributed by atoms with E-state index in [9.17, 15) is 5.11 Å². The molecule has 1 aromatic carbocycles. The number of allylic oxidation sites excluding steroid dienone is 2. The monoisotopic (exact) mass is 202 g/mol. The molecule has 2 rings (SSSR count). The number of benzene rings is 1. The molecule has 0 saturated carbocycles. The van der Waals surface area contributed by atoms with Gasteiger partial charge in [-0.3, -0.25) is 5.73 Å². The number of nitrogens with two attached hydrogens (primary N) is 2. The van der Waals surface area contributed by atoms with E-state index in [0.29, 0.717) is 17.7 Å². The first kappa shape index (κ1) is 9.96. The summed E-state index contributed by atoms with van der Waals surface area (Å²) in [6.45, 7) is 0. The quantitative estimate of drug-likeness (QED) is 0.474. The second kappa shape index (κ2) is 3.53. The maximum atomic E-state index is 10.00. The van der Waals surface area contributed by atoms with E-state index in [1.165, 1.54) is 0 Å². The van der Waals surface area contributed by atoms with E-state index < -0.39 is 5.72 Å². The van der Waals surface area contributed by atoms with E-state index in [0.717, 1.165) is 5.56 Å². The van der Waals surface area contributed by atoms with E-state index >= 15 is 0 Å². The molecule has 1 aliphatic carbocycles. The van der Waals surface area contributed by atoms with Crippen molar-refractivity contribution in [2.45, 2.75) is 12.1 Å². The predicted octanol–water partition coefficient (Wildman–Crippen LogP) is 1.26. The van der Waals surface area contributed by atoms with Crippen LogP contribution in [0.4, 0.5) is 5.69 Å². The molecule has 1 unspecified atom stereocenters. The summed E-state index contributed by atoms with van der Waals surface area (Å²) in [5.74, 6) is 0. The predicted molar refractivity (Wildman–Crippen MR) is 61.7 cm³/mol. The molecule has 0 aromatic heterocycles. The average molecular weight is 202 g/mol. The zero-order chi connectivity index (χ0) is 10.9. The molecular weight excluding hydrogens is 188 g/mol. The number of aliphatic hydroxyl groups is 1. The third kappa shape index (κ3) is 1.93. The summed E-state index contributed by atoms with van der Waals surface area (Å²) >= 11 is 0. The molecule has 78 valence electrons. The molecule has 1 aromatic rings. The van der Waals surface area contributed by atoms with E-state index in [4.69, 9.17) is 11.5 Å². The number of hydrogen-bond acceptors (Lipinski definition) is 3. The third-order valence-corrected chi connectivity index (χ3v) is 2.49. The summed E-state index contributed by atoms with van der Waals surface area (Å²) in [4.78, 5) is 0. The summed E-state index contributed by atoms with van der Waals surface area (Å²) in [7, 11) is 0. The lowest BCUT2D eigenvalue weighted by atomic mass is 9.89. The standard InChI is InChI=1S/C12H14N2O/c13-10-5-3-4-9(8-10)11-6-1-2-7-12(11,14)15/h1-6,8,15H,7,13-14H2. The SMILES string of the molecule is Nc1cccc(C2=CC=CCC2(N)O)c1. The Morgan fingerprint density at radius 2 is 2.13 bits per heavy atom. The molecule has 0 amide bonds. The molecule has 0 heterocycles. The highest BCUT2D eigenvalue weighted by Gasteiger charge is 2.27. The van der Waals surface area contributed by atoms with Gasteiger partial charge >= 0.3 is 0 Å². The van der Waals surface area contributed by atoms with Crippen LogP contribution < -0.4 is 11.5 Å². The van der Waals surface area contributed by atoms with Gasteiger partial charge in [0, 0.05) is 17.7 Å². The summed E-state index contributed by atoms with van der Waals surface area (Å²) < 4.78 is 0. The lowest BCUT2D eigenvalue weighted by Crippen LogP contribution is -2.41. The van der Waals surface area contributed by atoms with Crippen LogP contribution >= 0.6 is 0 Å². The van der Waals surface area contributed by atoms with Crippen LogP contribution in [-0.2, 0) is 0 Å². The Balaban J connectivity index is 2.46. The van der Waals surface area contributed by atoms with Gasteiger partial charge in [0.1, 0.15) is 5.72 Å². The fourth-order valence-corrected chi connectivity index (χ4v) is 1.72. The van der Waals surface area contributed by atoms with Crippen LogP contribution in [0.3, 0.4) is 0 Å². The van der Waals surface area contributed by atoms with E-state index in [-0.39, 0.29) is 0 Å². The fourth-order valence-electron chi connectivity index (χ4n) is 1.72. The van der Waals surface area contributed by atoms with Gasteiger partial charge in [-0.15, -0.1) is 0 Å². The molecule has 0 radical (unpaired) electrons. The second-order valence-corrected chi connectivity index (χ2v) is 3.76. The van der Waals surface area contributed by atoms with E-state index in [2.05, 4.69) is 0 Å². The molecule has 3 heteroatoms. The van der Waals surface area contributed by atoms with Gasteiger partial charge in [0.2, 0.25) is 0 Å². The zero-order valence-corrected chi connectivity index (χ0v) is 8.35. The molecule has 1 aliphatic rings. The van der Waals surface area contributed by atoms with Gasteiger partial charge in [0.25, 0.3) is 0 Å². The van der Waals surface area contributed by atoms with Crippen molar-refractivity contribution < 1.29 is 5.11 Å². The van der Waals surface area contributed by atoms with Crippen LogP contribution in [0, 0.1) is 0 Å². The number of anilines is 1. The third-order valence-electron chi connectivity index (χ3n) is 2.49. The number of rotatable bonds is 1. The van der Waals surface area contributed by atoms with Gasteiger partial charge in [0.05, 0.1) is 0 Å². The van der Waals surface area contributed by atoms with Gasteiger partial charge < -0.3 is 10.8 Å². The van der Waals surface area contributed by atoms with Crippen LogP contribution in [0.1, 0.15) is 12.0 Å². The highest BCUT2D eigenvalue weighted by molar-refractivity contribution is 5.75. The first-order valence-electron chi connectivity index (χ1n) is 4.84. The van der Waals surface area contributed by atoms with Gasteiger partial charge in [-0.05, 0) is 17.7 Å². The van der Waals surface area contributed by atoms with Crippen molar-refractivity contribution in [2.75, 3.05) is 5.73 Å². The molecule has 5 N–H and O–H groups in total. The van der Waals surface area contributed by atoms with Crippen LogP contribution in [0.2, 0.25) is 0 Å². The number of hydrogen-bond donors (Lipinski definition) is 3. The minimum absolute atomic E-state index is 0.424. The molecular formula is C12H14N2O. The molecule has 0 fully saturated rings. The number of nitrogen functional groups attached to an aromatic ring is 1. The first-order valence-corrected chi connectivity index (χ1v) is 4.84. The Bertz CT molecular complexity index is 433. The Morgan fingerprint density at radius 3 is 2.80 bits per heavy atom. The first-order chi connectivity index (χ1) is 7.09. The van der Waals surface area contributed by atoms with Crippen molar-refractivity contribution in [3.63, 3.8) is 0 Å². The summed E-state index contributed by atoms with van der Waals surface area (Å²) in [5, 5.41) is 10.00. The van der Waals surface area contributed by atoms with Crippen LogP contribution in [0.5, 0.6) is 0 Å². The molecule has 0 saturated heterocycles. The summed E-state index contributed by atoms with van der Waals surface area (Å²) in [6, 6.07) is 7.35. The zero-order valence-electron chi connectivity index (χ0n) is 8.35. The van der Waals surface area contributed by atoms with Gasteiger partial charge in [-0.1, -0.05) is 30.4 Å². The lowest BCUT2D eigenvalue weighted by Gasteiger charge is -2.27. The lowest BCUT2D eigenvalue weighted by molar-refractivity contribution is 0.111. The van der Waals surface area contributed by atoms with E-state index in [1.54, 1.807) is 6.07 Å². The van der Waals surface area contributed by atoms with Crippen LogP contribution in [0.15, 0.2) is 42.5 Å². The molecule has 0 spiro atoms. The smallest absolute Gasteiger partial charge is 0.143 e. The minimum Gasteiger partial charge on any atom is -0.399 e. The summed E-state index contributed by atoms with van der Waals surface area (Å²) in [5.41, 5.74) is 12.4. The Hall–Kier alpha value is -1.58. The Kier molecular flexibility index (Phi) is 2.34. The highest BCUT2D eigenvalue weighted by Crippen LogP contribution is 2.30. The van der Waals surface area contributed by atoms with Crippen molar-refractivity contribution in [1.82, 2.24) is 0 Å². The summed E-state index contributed by atoms with van der Waals surface area (Å²) in [6.07, 6.45) is 5.97. The van der Waals surface area contributed by atoms with Crippen LogP contribution in [0.25, 0.3) is 5.57 Å². The minimum atomic E-state index is -1.29. The molecule has 3 nitrogen and oxygen atoms in total. The molecule has 1 atom stereocenters. The Labute approximate surface area is 88.7 Å². The maximum Gasteiger partial charge on any atom is 0.143 e. The Morgan fingerprint density at radius 1 is 1.33 bits per heavy atom. The van der Waals surface area contributed by atoms with Crippen molar-refractivity contribution in [1.29, 1.82) is 0 Å². The van der Waals surface area contributed by atoms with Crippen molar-refractivity contribution in [2.24, 2.45) is 5.73 Å². The van der Waals surface area contributed by atoms with Crippen molar-refractivity contribution in [3.05, 3.63) is 48.1 Å². The highest BCUT2D eigenvalue weighted by atomic mass is 16.3. The normalized spacial score (nSPS) is 25.1. The maximum absolute atomic E-state index is 10.00. The largest absolute Gasteiger partial charge is 0.399 e. The molecule has 15 heavy (non-hydrogen) atoms. The van der Waals surface area contributed by atoms with Crippen LogP contribution in [-0.4, -0.2) is 10.8 Å².